The number of hydrogen-bond donors (Lipinski definition) is 3. The second-order valence-corrected chi connectivity index (χ2v) is 5.33. The fourth-order valence-corrected chi connectivity index (χ4v) is 2.63. The van der Waals surface area contributed by atoms with Crippen molar-refractivity contribution in [3.8, 4) is 0 Å². The van der Waals surface area contributed by atoms with Crippen LogP contribution in [0.4, 0.5) is 10.5 Å². The summed E-state index contributed by atoms with van der Waals surface area (Å²) in [6, 6.07) is 3.19. The lowest BCUT2D eigenvalue weighted by atomic mass is 9.93. The molecule has 1 aliphatic rings. The number of rotatable bonds is 4. The number of aliphatic carboxylic acids is 1. The van der Waals surface area contributed by atoms with Crippen LogP contribution in [0.15, 0.2) is 18.3 Å². The Kier molecular flexibility index (Phi) is 4.22. The van der Waals surface area contributed by atoms with Crippen LogP contribution in [0, 0.1) is 6.92 Å². The number of nitrogens with zero attached hydrogens (tertiary/aromatic N) is 1. The van der Waals surface area contributed by atoms with E-state index in [0.29, 0.717) is 18.5 Å². The lowest BCUT2D eigenvalue weighted by molar-refractivity contribution is -0.138. The Morgan fingerprint density at radius 2 is 2.05 bits per heavy atom. The first-order valence-electron chi connectivity index (χ1n) is 6.73. The smallest absolute Gasteiger partial charge is 0.319 e. The van der Waals surface area contributed by atoms with E-state index in [1.807, 2.05) is 6.92 Å². The number of anilines is 1. The van der Waals surface area contributed by atoms with Crippen LogP contribution in [0.5, 0.6) is 0 Å². The first kappa shape index (κ1) is 14.3. The van der Waals surface area contributed by atoms with E-state index in [1.165, 1.54) is 0 Å². The second kappa shape index (κ2) is 5.90. The zero-order valence-electron chi connectivity index (χ0n) is 11.5. The van der Waals surface area contributed by atoms with Crippen LogP contribution in [0.25, 0.3) is 0 Å². The van der Waals surface area contributed by atoms with Crippen molar-refractivity contribution in [3.05, 3.63) is 24.0 Å². The number of amides is 2. The molecule has 6 heteroatoms. The Morgan fingerprint density at radius 3 is 2.60 bits per heavy atom. The summed E-state index contributed by atoms with van der Waals surface area (Å²) in [5.41, 5.74) is 0.847. The highest BCUT2D eigenvalue weighted by Gasteiger charge is 2.37. The highest BCUT2D eigenvalue weighted by molar-refractivity contribution is 5.90. The molecule has 0 bridgehead atoms. The molecule has 0 aromatic carbocycles. The quantitative estimate of drug-likeness (QED) is 0.787. The maximum Gasteiger partial charge on any atom is 0.319 e. The molecule has 1 saturated carbocycles. The Labute approximate surface area is 117 Å². The fraction of sp³-hybridized carbons (Fsp3) is 0.500. The molecule has 3 N–H and O–H groups in total. The van der Waals surface area contributed by atoms with Crippen molar-refractivity contribution in [1.29, 1.82) is 0 Å². The van der Waals surface area contributed by atoms with Gasteiger partial charge in [0.05, 0.1) is 23.8 Å². The third-order valence-electron chi connectivity index (χ3n) is 3.60. The van der Waals surface area contributed by atoms with Gasteiger partial charge in [-0.3, -0.25) is 9.78 Å². The average Bonchev–Trinajstić information content (AvgIpc) is 2.79. The van der Waals surface area contributed by atoms with Gasteiger partial charge < -0.3 is 15.7 Å². The van der Waals surface area contributed by atoms with Gasteiger partial charge in [0.2, 0.25) is 0 Å². The molecule has 1 aromatic heterocycles. The topological polar surface area (TPSA) is 91.3 Å². The molecule has 1 aromatic rings. The molecule has 2 amide bonds. The summed E-state index contributed by atoms with van der Waals surface area (Å²) < 4.78 is 0. The van der Waals surface area contributed by atoms with Gasteiger partial charge in [-0.2, -0.15) is 0 Å². The summed E-state index contributed by atoms with van der Waals surface area (Å²) in [5, 5.41) is 14.5. The molecule has 1 heterocycles. The molecule has 20 heavy (non-hydrogen) atoms. The van der Waals surface area contributed by atoms with Gasteiger partial charge in [-0.15, -0.1) is 0 Å². The van der Waals surface area contributed by atoms with Crippen LogP contribution >= 0.6 is 0 Å². The van der Waals surface area contributed by atoms with Gasteiger partial charge in [0.25, 0.3) is 0 Å². The molecule has 1 fully saturated rings. The van der Waals surface area contributed by atoms with Gasteiger partial charge in [-0.05, 0) is 31.9 Å². The van der Waals surface area contributed by atoms with Crippen molar-refractivity contribution >= 4 is 17.7 Å². The van der Waals surface area contributed by atoms with E-state index < -0.39 is 11.5 Å². The van der Waals surface area contributed by atoms with Crippen LogP contribution in [0.3, 0.4) is 0 Å². The maximum absolute atomic E-state index is 12.0. The third-order valence-corrected chi connectivity index (χ3v) is 3.60. The molecule has 6 nitrogen and oxygen atoms in total. The Morgan fingerprint density at radius 1 is 1.35 bits per heavy atom. The molecule has 0 radical (unpaired) electrons. The minimum atomic E-state index is -0.885. The molecule has 2 rings (SSSR count). The van der Waals surface area contributed by atoms with Gasteiger partial charge in [-0.25, -0.2) is 4.79 Å². The number of carboxylic acid groups (broad SMARTS) is 1. The van der Waals surface area contributed by atoms with Gasteiger partial charge in [-0.1, -0.05) is 12.8 Å². The molecule has 0 unspecified atom stereocenters. The van der Waals surface area contributed by atoms with Crippen molar-refractivity contribution in [2.45, 2.75) is 44.6 Å². The average molecular weight is 277 g/mol. The number of nitrogens with one attached hydrogen (secondary N) is 2. The Hall–Kier alpha value is -2.11. The highest BCUT2D eigenvalue weighted by atomic mass is 16.4. The summed E-state index contributed by atoms with van der Waals surface area (Å²) in [7, 11) is 0. The molecule has 1 aliphatic carbocycles. The van der Waals surface area contributed by atoms with E-state index in [0.717, 1.165) is 18.5 Å². The molecule has 0 saturated heterocycles. The van der Waals surface area contributed by atoms with Gasteiger partial charge in [0.1, 0.15) is 0 Å². The summed E-state index contributed by atoms with van der Waals surface area (Å²) in [5.74, 6) is -0.885. The Balaban J connectivity index is 1.98. The van der Waals surface area contributed by atoms with Crippen molar-refractivity contribution in [3.63, 3.8) is 0 Å². The van der Waals surface area contributed by atoms with Crippen molar-refractivity contribution in [2.75, 3.05) is 5.32 Å². The van der Waals surface area contributed by atoms with E-state index in [4.69, 9.17) is 5.11 Å². The fourth-order valence-electron chi connectivity index (χ4n) is 2.63. The zero-order chi connectivity index (χ0) is 14.6. The minimum absolute atomic E-state index is 0.0352. The molecule has 0 spiro atoms. The SMILES string of the molecule is Cc1ccc(NC(=O)NC2(CC(=O)O)CCCC2)cn1. The van der Waals surface area contributed by atoms with Crippen LogP contribution in [-0.2, 0) is 4.79 Å². The molecular formula is C14H19N3O3. The van der Waals surface area contributed by atoms with Crippen molar-refractivity contribution in [1.82, 2.24) is 10.3 Å². The summed E-state index contributed by atoms with van der Waals surface area (Å²) in [6.45, 7) is 1.87. The number of aryl methyl sites for hydroxylation is 1. The van der Waals surface area contributed by atoms with Gasteiger partial charge in [0, 0.05) is 5.69 Å². The summed E-state index contributed by atoms with van der Waals surface area (Å²) in [4.78, 5) is 27.0. The Bertz CT molecular complexity index is 493. The van der Waals surface area contributed by atoms with E-state index in [1.54, 1.807) is 18.3 Å². The standard InChI is InChI=1S/C14H19N3O3/c1-10-4-5-11(9-15-10)16-13(20)17-14(8-12(18)19)6-2-3-7-14/h4-5,9H,2-3,6-8H2,1H3,(H,18,19)(H2,16,17,20). The molecule has 0 atom stereocenters. The second-order valence-electron chi connectivity index (χ2n) is 5.33. The first-order chi connectivity index (χ1) is 9.49. The number of carbonyl (C=O) groups excluding carboxylic acids is 1. The van der Waals surface area contributed by atoms with Gasteiger partial charge >= 0.3 is 12.0 Å². The molecule has 0 aliphatic heterocycles. The molecule has 108 valence electrons. The number of pyridine rings is 1. The predicted octanol–water partition coefficient (Wildman–Crippen LogP) is 2.30. The number of carboxylic acids is 1. The lowest BCUT2D eigenvalue weighted by Crippen LogP contribution is -2.49. The first-order valence-corrected chi connectivity index (χ1v) is 6.73. The third kappa shape index (κ3) is 3.69. The van der Waals surface area contributed by atoms with E-state index in [9.17, 15) is 9.59 Å². The number of carbonyl (C=O) groups is 2. The van der Waals surface area contributed by atoms with Gasteiger partial charge in [0.15, 0.2) is 0 Å². The lowest BCUT2D eigenvalue weighted by Gasteiger charge is -2.28. The van der Waals surface area contributed by atoms with Crippen LogP contribution in [0.1, 0.15) is 37.8 Å². The van der Waals surface area contributed by atoms with Crippen LogP contribution in [-0.4, -0.2) is 27.6 Å². The zero-order valence-corrected chi connectivity index (χ0v) is 11.5. The molecular weight excluding hydrogens is 258 g/mol. The number of aromatic nitrogens is 1. The largest absolute Gasteiger partial charge is 0.481 e. The van der Waals surface area contributed by atoms with Crippen LogP contribution < -0.4 is 10.6 Å². The summed E-state index contributed by atoms with van der Waals surface area (Å²) in [6.07, 6.45) is 4.84. The monoisotopic (exact) mass is 277 g/mol. The summed E-state index contributed by atoms with van der Waals surface area (Å²) >= 11 is 0. The minimum Gasteiger partial charge on any atom is -0.481 e. The van der Waals surface area contributed by atoms with E-state index in [2.05, 4.69) is 15.6 Å². The van der Waals surface area contributed by atoms with E-state index >= 15 is 0 Å². The van der Waals surface area contributed by atoms with E-state index in [-0.39, 0.29) is 12.5 Å². The predicted molar refractivity (Wildman–Crippen MR) is 74.6 cm³/mol. The van der Waals surface area contributed by atoms with Crippen LogP contribution in [0.2, 0.25) is 0 Å². The number of hydrogen-bond acceptors (Lipinski definition) is 3. The van der Waals surface area contributed by atoms with Crippen molar-refractivity contribution < 1.29 is 14.7 Å². The highest BCUT2D eigenvalue weighted by Crippen LogP contribution is 2.32. The normalized spacial score (nSPS) is 16.6. The van der Waals surface area contributed by atoms with Crippen molar-refractivity contribution in [2.24, 2.45) is 0 Å². The maximum atomic E-state index is 12.0. The number of urea groups is 1.